The largest absolute Gasteiger partial charge is 0.223 e. The molecular formula is C9H11N7S2. The molecule has 94 valence electrons. The molecule has 0 aliphatic rings. The first-order chi connectivity index (χ1) is 8.63. The van der Waals surface area contributed by atoms with Gasteiger partial charge in [0, 0.05) is 0 Å². The maximum absolute atomic E-state index is 4.44. The van der Waals surface area contributed by atoms with Gasteiger partial charge in [-0.2, -0.15) is 0 Å². The van der Waals surface area contributed by atoms with Crippen molar-refractivity contribution < 1.29 is 0 Å². The molecule has 0 fully saturated rings. The van der Waals surface area contributed by atoms with Crippen molar-refractivity contribution in [3.05, 3.63) is 11.9 Å². The smallest absolute Gasteiger partial charge is 0.216 e. The Balaban J connectivity index is 1.91. The Morgan fingerprint density at radius 2 is 2.22 bits per heavy atom. The van der Waals surface area contributed by atoms with Gasteiger partial charge in [0.15, 0.2) is 4.34 Å². The van der Waals surface area contributed by atoms with Crippen LogP contribution < -0.4 is 0 Å². The van der Waals surface area contributed by atoms with E-state index >= 15 is 0 Å². The van der Waals surface area contributed by atoms with Crippen LogP contribution in [-0.4, -0.2) is 34.8 Å². The Hall–Kier alpha value is -1.48. The fourth-order valence-electron chi connectivity index (χ4n) is 1.49. The van der Waals surface area contributed by atoms with Crippen molar-refractivity contribution in [2.75, 3.05) is 0 Å². The molecule has 0 aliphatic carbocycles. The number of aryl methyl sites for hydroxylation is 1. The molecule has 0 saturated heterocycles. The Morgan fingerprint density at radius 3 is 2.94 bits per heavy atom. The molecule has 0 unspecified atom stereocenters. The van der Waals surface area contributed by atoms with Gasteiger partial charge in [-0.3, -0.25) is 0 Å². The van der Waals surface area contributed by atoms with Crippen molar-refractivity contribution in [3.8, 4) is 0 Å². The van der Waals surface area contributed by atoms with E-state index in [4.69, 9.17) is 0 Å². The van der Waals surface area contributed by atoms with E-state index in [1.165, 1.54) is 23.1 Å². The predicted octanol–water partition coefficient (Wildman–Crippen LogP) is 1.82. The number of hydrogen-bond donors (Lipinski definition) is 0. The molecule has 0 saturated carbocycles. The maximum atomic E-state index is 4.44. The van der Waals surface area contributed by atoms with Crippen molar-refractivity contribution in [1.82, 2.24) is 34.8 Å². The third-order valence-corrected chi connectivity index (χ3v) is 4.20. The van der Waals surface area contributed by atoms with E-state index in [0.29, 0.717) is 0 Å². The molecule has 0 aromatic carbocycles. The normalized spacial score (nSPS) is 11.8. The Labute approximate surface area is 111 Å². The number of nitrogens with zero attached hydrogens (tertiary/aromatic N) is 7. The highest BCUT2D eigenvalue weighted by molar-refractivity contribution is 8.01. The zero-order chi connectivity index (χ0) is 12.7. The van der Waals surface area contributed by atoms with Gasteiger partial charge >= 0.3 is 0 Å². The Morgan fingerprint density at radius 1 is 1.39 bits per heavy atom. The summed E-state index contributed by atoms with van der Waals surface area (Å²) in [5, 5.41) is 16.8. The molecule has 0 spiro atoms. The van der Waals surface area contributed by atoms with Crippen LogP contribution in [0.4, 0.5) is 0 Å². The van der Waals surface area contributed by atoms with Gasteiger partial charge in [-0.25, -0.2) is 14.2 Å². The minimum atomic E-state index is 0.230. The van der Waals surface area contributed by atoms with Crippen LogP contribution in [-0.2, 0) is 0 Å². The SMILES string of the molecule is Cc1cn2nc(Sc3nnnn3C(C)C)sc2n1. The summed E-state index contributed by atoms with van der Waals surface area (Å²) in [7, 11) is 0. The molecule has 3 heterocycles. The van der Waals surface area contributed by atoms with Crippen molar-refractivity contribution in [2.24, 2.45) is 0 Å². The molecule has 0 atom stereocenters. The second-order valence-electron chi connectivity index (χ2n) is 4.08. The first-order valence-electron chi connectivity index (χ1n) is 5.42. The highest BCUT2D eigenvalue weighted by Gasteiger charge is 2.14. The van der Waals surface area contributed by atoms with Crippen LogP contribution >= 0.6 is 23.1 Å². The summed E-state index contributed by atoms with van der Waals surface area (Å²) in [5.41, 5.74) is 0.970. The van der Waals surface area contributed by atoms with E-state index < -0.39 is 0 Å². The average Bonchev–Trinajstić information content (AvgIpc) is 2.92. The molecule has 3 aromatic heterocycles. The zero-order valence-corrected chi connectivity index (χ0v) is 11.7. The van der Waals surface area contributed by atoms with E-state index in [1.807, 2.05) is 27.0 Å². The number of imidazole rings is 1. The van der Waals surface area contributed by atoms with Crippen LogP contribution in [0.1, 0.15) is 25.6 Å². The van der Waals surface area contributed by atoms with Gasteiger partial charge in [-0.1, -0.05) is 11.3 Å². The maximum Gasteiger partial charge on any atom is 0.216 e. The molecule has 3 aromatic rings. The first kappa shape index (κ1) is 11.6. The third-order valence-electron chi connectivity index (χ3n) is 2.28. The van der Waals surface area contributed by atoms with Gasteiger partial charge in [0.1, 0.15) is 0 Å². The van der Waals surface area contributed by atoms with Crippen molar-refractivity contribution in [1.29, 1.82) is 0 Å². The van der Waals surface area contributed by atoms with Crippen LogP contribution in [0.2, 0.25) is 0 Å². The minimum Gasteiger partial charge on any atom is -0.223 e. The van der Waals surface area contributed by atoms with Gasteiger partial charge in [0.2, 0.25) is 10.1 Å². The lowest BCUT2D eigenvalue weighted by molar-refractivity contribution is 0.477. The fraction of sp³-hybridized carbons (Fsp3) is 0.444. The van der Waals surface area contributed by atoms with Crippen LogP contribution in [0.3, 0.4) is 0 Å². The molecule has 3 rings (SSSR count). The van der Waals surface area contributed by atoms with Crippen molar-refractivity contribution in [3.63, 3.8) is 0 Å². The van der Waals surface area contributed by atoms with E-state index in [0.717, 1.165) is 20.2 Å². The molecule has 0 aliphatic heterocycles. The lowest BCUT2D eigenvalue weighted by Crippen LogP contribution is -2.04. The summed E-state index contributed by atoms with van der Waals surface area (Å²) >= 11 is 2.99. The number of tetrazole rings is 1. The molecule has 0 amide bonds. The topological polar surface area (TPSA) is 73.8 Å². The Bertz CT molecular complexity index is 649. The zero-order valence-electron chi connectivity index (χ0n) is 10.1. The molecule has 0 radical (unpaired) electrons. The first-order valence-corrected chi connectivity index (χ1v) is 7.05. The number of hydrogen-bond acceptors (Lipinski definition) is 7. The summed E-state index contributed by atoms with van der Waals surface area (Å²) in [4.78, 5) is 5.26. The number of rotatable bonds is 3. The lowest BCUT2D eigenvalue weighted by atomic mass is 10.4. The summed E-state index contributed by atoms with van der Waals surface area (Å²) in [5.74, 6) is 0. The minimum absolute atomic E-state index is 0.230. The summed E-state index contributed by atoms with van der Waals surface area (Å²) < 4.78 is 4.44. The number of fused-ring (bicyclic) bond motifs is 1. The second-order valence-corrected chi connectivity index (χ2v) is 6.25. The highest BCUT2D eigenvalue weighted by atomic mass is 32.2. The van der Waals surface area contributed by atoms with Gasteiger partial charge < -0.3 is 0 Å². The highest BCUT2D eigenvalue weighted by Crippen LogP contribution is 2.30. The summed E-state index contributed by atoms with van der Waals surface area (Å²) in [6.45, 7) is 6.03. The van der Waals surface area contributed by atoms with Crippen LogP contribution in [0.25, 0.3) is 4.96 Å². The van der Waals surface area contributed by atoms with Crippen LogP contribution in [0.15, 0.2) is 15.7 Å². The van der Waals surface area contributed by atoms with E-state index in [-0.39, 0.29) is 6.04 Å². The average molecular weight is 281 g/mol. The summed E-state index contributed by atoms with van der Waals surface area (Å²) in [6, 6.07) is 0.230. The third kappa shape index (κ3) is 1.99. The van der Waals surface area contributed by atoms with E-state index in [1.54, 1.807) is 9.20 Å². The quantitative estimate of drug-likeness (QED) is 0.729. The van der Waals surface area contributed by atoms with Gasteiger partial charge in [0.05, 0.1) is 17.9 Å². The van der Waals surface area contributed by atoms with Gasteiger partial charge in [-0.15, -0.1) is 10.2 Å². The van der Waals surface area contributed by atoms with Crippen LogP contribution in [0.5, 0.6) is 0 Å². The fourth-order valence-corrected chi connectivity index (χ4v) is 3.47. The van der Waals surface area contributed by atoms with E-state index in [2.05, 4.69) is 25.6 Å². The predicted molar refractivity (Wildman–Crippen MR) is 67.9 cm³/mol. The molecule has 0 N–H and O–H groups in total. The molecule has 0 bridgehead atoms. The van der Waals surface area contributed by atoms with Gasteiger partial charge in [-0.05, 0) is 43.0 Å². The van der Waals surface area contributed by atoms with Gasteiger partial charge in [0.25, 0.3) is 0 Å². The molecule has 7 nitrogen and oxygen atoms in total. The molecule has 9 heteroatoms. The van der Waals surface area contributed by atoms with Crippen LogP contribution in [0, 0.1) is 6.92 Å². The molecular weight excluding hydrogens is 270 g/mol. The lowest BCUT2D eigenvalue weighted by Gasteiger charge is -2.04. The standard InChI is InChI=1S/C9H11N7S2/c1-5(2)16-8(11-13-14-16)18-9-12-15-4-6(3)10-7(15)17-9/h4-5H,1-3H3. The van der Waals surface area contributed by atoms with E-state index in [9.17, 15) is 0 Å². The monoisotopic (exact) mass is 281 g/mol. The Kier molecular flexibility index (Phi) is 2.78. The van der Waals surface area contributed by atoms with Crippen molar-refractivity contribution >= 4 is 28.1 Å². The number of aromatic nitrogens is 7. The summed E-state index contributed by atoms with van der Waals surface area (Å²) in [6.07, 6.45) is 1.90. The van der Waals surface area contributed by atoms with Crippen molar-refractivity contribution in [2.45, 2.75) is 36.3 Å². The molecule has 18 heavy (non-hydrogen) atoms. The second kappa shape index (κ2) is 4.32.